The van der Waals surface area contributed by atoms with E-state index in [0.717, 1.165) is 24.3 Å². The maximum Gasteiger partial charge on any atom is 0.00669 e. The number of hydrogen-bond acceptors (Lipinski definition) is 2. The normalized spacial score (nSPS) is 17.8. The van der Waals surface area contributed by atoms with Gasteiger partial charge in [0.1, 0.15) is 0 Å². The molecule has 2 nitrogen and oxygen atoms in total. The Kier molecular flexibility index (Phi) is 13.8. The first-order valence-corrected chi connectivity index (χ1v) is 10.0. The van der Waals surface area contributed by atoms with Crippen molar-refractivity contribution in [1.29, 1.82) is 0 Å². The van der Waals surface area contributed by atoms with Crippen molar-refractivity contribution >= 4 is 0 Å². The summed E-state index contributed by atoms with van der Waals surface area (Å²) < 4.78 is 0. The minimum atomic E-state index is 0.604. The van der Waals surface area contributed by atoms with E-state index in [2.05, 4.69) is 65.3 Å². The van der Waals surface area contributed by atoms with Crippen molar-refractivity contribution < 1.29 is 0 Å². The Labute approximate surface area is 146 Å². The third-order valence-electron chi connectivity index (χ3n) is 5.61. The van der Waals surface area contributed by atoms with Crippen LogP contribution in [0.25, 0.3) is 0 Å². The van der Waals surface area contributed by atoms with Crippen LogP contribution in [0.2, 0.25) is 0 Å². The summed E-state index contributed by atoms with van der Waals surface area (Å²) in [5, 5.41) is 6.95. The Hall–Kier alpha value is -0.340. The highest BCUT2D eigenvalue weighted by molar-refractivity contribution is 5.04. The lowest BCUT2D eigenvalue weighted by Crippen LogP contribution is -2.30. The average molecular weight is 325 g/mol. The summed E-state index contributed by atoms with van der Waals surface area (Å²) in [5.74, 6) is 2.36. The molecular formula is C21H44N2. The van der Waals surface area contributed by atoms with Gasteiger partial charge in [0.15, 0.2) is 0 Å². The first-order valence-electron chi connectivity index (χ1n) is 10.0. The summed E-state index contributed by atoms with van der Waals surface area (Å²) in [6, 6.07) is 0.604. The lowest BCUT2D eigenvalue weighted by atomic mass is 9.82. The van der Waals surface area contributed by atoms with Gasteiger partial charge in [0.2, 0.25) is 0 Å². The predicted octanol–water partition coefficient (Wildman–Crippen LogP) is 5.40. The van der Waals surface area contributed by atoms with Gasteiger partial charge >= 0.3 is 0 Å². The van der Waals surface area contributed by atoms with Gasteiger partial charge in [-0.05, 0) is 83.8 Å². The highest BCUT2D eigenvalue weighted by Crippen LogP contribution is 2.28. The maximum absolute atomic E-state index is 3.52. The van der Waals surface area contributed by atoms with Gasteiger partial charge in [-0.1, -0.05) is 45.8 Å². The fraction of sp³-hybridized carbons (Fsp3) is 0.905. The zero-order valence-corrected chi connectivity index (χ0v) is 17.0. The van der Waals surface area contributed by atoms with Crippen LogP contribution in [-0.2, 0) is 0 Å². The quantitative estimate of drug-likeness (QED) is 0.330. The zero-order valence-electron chi connectivity index (χ0n) is 17.0. The van der Waals surface area contributed by atoms with Crippen molar-refractivity contribution in [2.45, 2.75) is 86.1 Å². The number of hydrogen-bond donors (Lipinski definition) is 2. The molecule has 0 aliphatic carbocycles. The second-order valence-electron chi connectivity index (χ2n) is 7.45. The molecule has 0 fully saturated rings. The van der Waals surface area contributed by atoms with E-state index >= 15 is 0 Å². The Morgan fingerprint density at radius 2 is 1.70 bits per heavy atom. The molecule has 0 bridgehead atoms. The smallest absolute Gasteiger partial charge is 0.00669 e. The highest BCUT2D eigenvalue weighted by atomic mass is 14.9. The van der Waals surface area contributed by atoms with Gasteiger partial charge in [0.05, 0.1) is 0 Å². The fourth-order valence-corrected chi connectivity index (χ4v) is 3.32. The van der Waals surface area contributed by atoms with Gasteiger partial charge in [-0.25, -0.2) is 0 Å². The fourth-order valence-electron chi connectivity index (χ4n) is 3.32. The molecule has 0 aromatic heterocycles. The summed E-state index contributed by atoms with van der Waals surface area (Å²) in [5.41, 5.74) is 1.66. The van der Waals surface area contributed by atoms with Gasteiger partial charge in [-0.3, -0.25) is 0 Å². The van der Waals surface area contributed by atoms with Crippen molar-refractivity contribution in [3.8, 4) is 0 Å². The van der Waals surface area contributed by atoms with Gasteiger partial charge in [-0.15, -0.1) is 0 Å². The molecule has 0 spiro atoms. The summed E-state index contributed by atoms with van der Waals surface area (Å²) in [6.45, 7) is 16.3. The van der Waals surface area contributed by atoms with Gasteiger partial charge in [0.25, 0.3) is 0 Å². The molecule has 0 aliphatic heterocycles. The van der Waals surface area contributed by atoms with Crippen LogP contribution in [0.3, 0.4) is 0 Å². The van der Waals surface area contributed by atoms with Crippen LogP contribution in [0.1, 0.15) is 80.1 Å². The molecule has 0 rings (SSSR count). The summed E-state index contributed by atoms with van der Waals surface area (Å²) >= 11 is 0. The average Bonchev–Trinajstić information content (AvgIpc) is 2.57. The topological polar surface area (TPSA) is 24.1 Å². The molecule has 4 atom stereocenters. The molecule has 0 heterocycles. The van der Waals surface area contributed by atoms with Crippen LogP contribution in [0, 0.1) is 17.8 Å². The SMILES string of the molecule is C/C=C(/CC(C)C(C)CCCNCCC)CC(CC)C(C)NC. The molecule has 0 aliphatic rings. The lowest BCUT2D eigenvalue weighted by molar-refractivity contribution is 0.332. The molecule has 2 N–H and O–H groups in total. The van der Waals surface area contributed by atoms with Gasteiger partial charge < -0.3 is 10.6 Å². The molecule has 2 heteroatoms. The monoisotopic (exact) mass is 324 g/mol. The Morgan fingerprint density at radius 1 is 1.00 bits per heavy atom. The number of nitrogens with one attached hydrogen (secondary N) is 2. The third-order valence-corrected chi connectivity index (χ3v) is 5.61. The summed E-state index contributed by atoms with van der Waals surface area (Å²) in [6.07, 6.45) is 10.0. The van der Waals surface area contributed by atoms with E-state index in [-0.39, 0.29) is 0 Å². The van der Waals surface area contributed by atoms with Gasteiger partial charge in [0, 0.05) is 6.04 Å². The van der Waals surface area contributed by atoms with Crippen LogP contribution >= 0.6 is 0 Å². The first kappa shape index (κ1) is 22.7. The van der Waals surface area contributed by atoms with Crippen LogP contribution in [0.4, 0.5) is 0 Å². The zero-order chi connectivity index (χ0) is 17.7. The summed E-state index contributed by atoms with van der Waals surface area (Å²) in [7, 11) is 2.08. The summed E-state index contributed by atoms with van der Waals surface area (Å²) in [4.78, 5) is 0. The van der Waals surface area contributed by atoms with Crippen molar-refractivity contribution in [3.05, 3.63) is 11.6 Å². The Morgan fingerprint density at radius 3 is 2.22 bits per heavy atom. The van der Waals surface area contributed by atoms with E-state index in [1.165, 1.54) is 45.1 Å². The molecule has 4 unspecified atom stereocenters. The van der Waals surface area contributed by atoms with E-state index in [4.69, 9.17) is 0 Å². The lowest BCUT2D eigenvalue weighted by Gasteiger charge is -2.26. The Balaban J connectivity index is 4.23. The molecule has 0 saturated heterocycles. The maximum atomic E-state index is 3.52. The van der Waals surface area contributed by atoms with Crippen LogP contribution in [0.5, 0.6) is 0 Å². The molecule has 23 heavy (non-hydrogen) atoms. The minimum absolute atomic E-state index is 0.604. The predicted molar refractivity (Wildman–Crippen MR) is 106 cm³/mol. The van der Waals surface area contributed by atoms with Crippen molar-refractivity contribution in [2.24, 2.45) is 17.8 Å². The molecule has 0 aromatic rings. The molecule has 0 aromatic carbocycles. The first-order chi connectivity index (χ1) is 11.0. The van der Waals surface area contributed by atoms with E-state index in [1.54, 1.807) is 5.57 Å². The highest BCUT2D eigenvalue weighted by Gasteiger charge is 2.18. The van der Waals surface area contributed by atoms with Crippen molar-refractivity contribution in [2.75, 3.05) is 20.1 Å². The van der Waals surface area contributed by atoms with Crippen molar-refractivity contribution in [3.63, 3.8) is 0 Å². The van der Waals surface area contributed by atoms with Crippen LogP contribution in [-0.4, -0.2) is 26.2 Å². The Bertz CT molecular complexity index is 298. The minimum Gasteiger partial charge on any atom is -0.317 e. The molecule has 0 radical (unpaired) electrons. The molecule has 0 saturated carbocycles. The van der Waals surface area contributed by atoms with E-state index in [0.29, 0.717) is 6.04 Å². The molecule has 0 amide bonds. The van der Waals surface area contributed by atoms with Crippen LogP contribution in [0.15, 0.2) is 11.6 Å². The third kappa shape index (κ3) is 10.2. The largest absolute Gasteiger partial charge is 0.317 e. The number of rotatable bonds is 14. The van der Waals surface area contributed by atoms with Gasteiger partial charge in [-0.2, -0.15) is 0 Å². The standard InChI is InChI=1S/C21H44N2/c1-8-13-23-14-11-12-17(4)18(5)15-20(9-2)16-21(10-3)19(6)22-7/h9,17-19,21-23H,8,10-16H2,1-7H3/b20-9-. The second-order valence-corrected chi connectivity index (χ2v) is 7.45. The number of allylic oxidation sites excluding steroid dienone is 2. The molecule has 138 valence electrons. The van der Waals surface area contributed by atoms with Crippen molar-refractivity contribution in [1.82, 2.24) is 10.6 Å². The van der Waals surface area contributed by atoms with Crippen LogP contribution < -0.4 is 10.6 Å². The van der Waals surface area contributed by atoms with E-state index < -0.39 is 0 Å². The second kappa shape index (κ2) is 14.0. The van der Waals surface area contributed by atoms with E-state index in [1.807, 2.05) is 0 Å². The van der Waals surface area contributed by atoms with E-state index in [9.17, 15) is 0 Å². The molecular weight excluding hydrogens is 280 g/mol.